The zero-order valence-electron chi connectivity index (χ0n) is 23.4. The van der Waals surface area contributed by atoms with Crippen molar-refractivity contribution in [2.24, 2.45) is 0 Å². The molecule has 3 N–H and O–H groups in total. The predicted molar refractivity (Wildman–Crippen MR) is 147 cm³/mol. The van der Waals surface area contributed by atoms with E-state index in [-0.39, 0.29) is 17.5 Å². The van der Waals surface area contributed by atoms with Gasteiger partial charge in [0.1, 0.15) is 11.6 Å². The maximum Gasteiger partial charge on any atom is 0.490 e. The largest absolute Gasteiger partial charge is 0.490 e. The van der Waals surface area contributed by atoms with Crippen molar-refractivity contribution in [3.8, 4) is 0 Å². The quantitative estimate of drug-likeness (QED) is 0.283. The number of benzene rings is 3. The number of nitrogens with one attached hydrogen (secondary N) is 1. The van der Waals surface area contributed by atoms with Gasteiger partial charge in [0.05, 0.1) is 0 Å². The lowest BCUT2D eigenvalue weighted by molar-refractivity contribution is -0.193. The number of carbonyl (C=O) groups is 3. The standard InChI is InChI=1S/C25H25F2N3O.2C2HF3O2/c1-18-16-30(14-13-29(18)17-19-3-2-4-22(27)15-19)24-11-9-23(10-12-24)28-25(31)20-5-7-21(26)8-6-20;2*3-2(4,5)1(6)7/h2-12,15,18H,13-14,16-17H2,1H3,(H,28,31);2*(H,6,7). The third kappa shape index (κ3) is 12.4. The fourth-order valence-corrected chi connectivity index (χ4v) is 3.89. The maximum atomic E-state index is 13.5. The zero-order valence-corrected chi connectivity index (χ0v) is 23.4. The molecule has 1 saturated heterocycles. The molecule has 1 fully saturated rings. The summed E-state index contributed by atoms with van der Waals surface area (Å²) in [7, 11) is 0. The second-order valence-electron chi connectivity index (χ2n) is 9.51. The minimum Gasteiger partial charge on any atom is -0.475 e. The van der Waals surface area contributed by atoms with Crippen LogP contribution in [-0.4, -0.2) is 71.0 Å². The Morgan fingerprint density at radius 3 is 1.80 bits per heavy atom. The van der Waals surface area contributed by atoms with Crippen LogP contribution in [0.1, 0.15) is 22.8 Å². The Hall–Kier alpha value is -4.73. The smallest absolute Gasteiger partial charge is 0.475 e. The molecule has 0 bridgehead atoms. The molecule has 0 saturated carbocycles. The fourth-order valence-electron chi connectivity index (χ4n) is 3.89. The number of rotatable bonds is 5. The van der Waals surface area contributed by atoms with E-state index in [1.165, 1.54) is 30.3 Å². The molecule has 244 valence electrons. The first-order valence-electron chi connectivity index (χ1n) is 12.9. The summed E-state index contributed by atoms with van der Waals surface area (Å²) in [5.41, 5.74) is 3.18. The molecule has 0 spiro atoms. The van der Waals surface area contributed by atoms with Crippen molar-refractivity contribution in [3.05, 3.63) is 95.6 Å². The molecule has 4 rings (SSSR count). The van der Waals surface area contributed by atoms with E-state index in [9.17, 15) is 39.9 Å². The van der Waals surface area contributed by atoms with Gasteiger partial charge in [0, 0.05) is 49.2 Å². The minimum atomic E-state index is -5.08. The number of amides is 1. The summed E-state index contributed by atoms with van der Waals surface area (Å²) in [6.07, 6.45) is -10.2. The van der Waals surface area contributed by atoms with E-state index in [2.05, 4.69) is 22.0 Å². The lowest BCUT2D eigenvalue weighted by Gasteiger charge is -2.41. The summed E-state index contributed by atoms with van der Waals surface area (Å²) >= 11 is 0. The van der Waals surface area contributed by atoms with Crippen molar-refractivity contribution in [2.45, 2.75) is 31.9 Å². The van der Waals surface area contributed by atoms with Crippen LogP contribution in [0.25, 0.3) is 0 Å². The van der Waals surface area contributed by atoms with Crippen LogP contribution in [0.4, 0.5) is 46.5 Å². The highest BCUT2D eigenvalue weighted by Gasteiger charge is 2.38. The summed E-state index contributed by atoms with van der Waals surface area (Å²) in [6.45, 7) is 5.56. The highest BCUT2D eigenvalue weighted by atomic mass is 19.4. The van der Waals surface area contributed by atoms with Crippen molar-refractivity contribution in [1.82, 2.24) is 4.90 Å². The molecule has 45 heavy (non-hydrogen) atoms. The molecule has 1 heterocycles. The SMILES string of the molecule is CC1CN(c2ccc(NC(=O)c3ccc(F)cc3)cc2)CCN1Cc1cccc(F)c1.O=C(O)C(F)(F)F.O=C(O)C(F)(F)F. The topological polar surface area (TPSA) is 110 Å². The number of hydrogen-bond donors (Lipinski definition) is 3. The van der Waals surface area contributed by atoms with Gasteiger partial charge in [0.15, 0.2) is 0 Å². The lowest BCUT2D eigenvalue weighted by atomic mass is 10.1. The molecule has 0 radical (unpaired) electrons. The molecule has 3 aromatic rings. The van der Waals surface area contributed by atoms with Gasteiger partial charge in [0.2, 0.25) is 0 Å². The van der Waals surface area contributed by atoms with E-state index in [0.717, 1.165) is 37.4 Å². The number of alkyl halides is 6. The fraction of sp³-hybridized carbons (Fsp3) is 0.276. The number of hydrogen-bond acceptors (Lipinski definition) is 5. The summed E-state index contributed by atoms with van der Waals surface area (Å²) in [5.74, 6) is -6.35. The van der Waals surface area contributed by atoms with Crippen molar-refractivity contribution in [1.29, 1.82) is 0 Å². The highest BCUT2D eigenvalue weighted by Crippen LogP contribution is 2.23. The molecule has 1 unspecified atom stereocenters. The summed E-state index contributed by atoms with van der Waals surface area (Å²) in [4.78, 5) is 34.8. The van der Waals surface area contributed by atoms with E-state index in [1.54, 1.807) is 12.1 Å². The zero-order chi connectivity index (χ0) is 33.9. The van der Waals surface area contributed by atoms with E-state index in [0.29, 0.717) is 17.3 Å². The third-order valence-corrected chi connectivity index (χ3v) is 6.12. The van der Waals surface area contributed by atoms with Gasteiger partial charge in [-0.1, -0.05) is 12.1 Å². The van der Waals surface area contributed by atoms with Gasteiger partial charge in [-0.2, -0.15) is 26.3 Å². The van der Waals surface area contributed by atoms with Crippen LogP contribution in [0.3, 0.4) is 0 Å². The predicted octanol–water partition coefficient (Wildman–Crippen LogP) is 6.19. The third-order valence-electron chi connectivity index (χ3n) is 6.12. The number of anilines is 2. The van der Waals surface area contributed by atoms with Crippen LogP contribution in [0.5, 0.6) is 0 Å². The average Bonchev–Trinajstić information content (AvgIpc) is 2.94. The molecule has 1 atom stereocenters. The van der Waals surface area contributed by atoms with E-state index >= 15 is 0 Å². The minimum absolute atomic E-state index is 0.199. The summed E-state index contributed by atoms with van der Waals surface area (Å²) in [5, 5.41) is 17.1. The Bertz CT molecular complexity index is 1410. The van der Waals surface area contributed by atoms with Crippen LogP contribution >= 0.6 is 0 Å². The highest BCUT2D eigenvalue weighted by molar-refractivity contribution is 6.04. The molecular formula is C29H27F8N3O5. The van der Waals surface area contributed by atoms with Gasteiger partial charge in [-0.25, -0.2) is 18.4 Å². The first-order valence-corrected chi connectivity index (χ1v) is 12.9. The summed E-state index contributed by atoms with van der Waals surface area (Å²) in [6, 6.07) is 20.3. The molecule has 8 nitrogen and oxygen atoms in total. The van der Waals surface area contributed by atoms with Gasteiger partial charge in [-0.15, -0.1) is 0 Å². The van der Waals surface area contributed by atoms with Crippen LogP contribution in [0, 0.1) is 11.6 Å². The van der Waals surface area contributed by atoms with Gasteiger partial charge < -0.3 is 20.4 Å². The Morgan fingerprint density at radius 2 is 1.33 bits per heavy atom. The number of carboxylic acid groups (broad SMARTS) is 2. The monoisotopic (exact) mass is 649 g/mol. The number of aliphatic carboxylic acids is 2. The number of nitrogens with zero attached hydrogens (tertiary/aromatic N) is 2. The molecule has 16 heteroatoms. The second-order valence-corrected chi connectivity index (χ2v) is 9.51. The molecule has 0 aliphatic carbocycles. The van der Waals surface area contributed by atoms with E-state index in [1.807, 2.05) is 30.3 Å². The molecule has 1 aliphatic rings. The molecule has 1 aliphatic heterocycles. The normalized spacial score (nSPS) is 15.1. The summed E-state index contributed by atoms with van der Waals surface area (Å²) < 4.78 is 90.0. The maximum absolute atomic E-state index is 13.5. The Labute approximate surface area is 251 Å². The van der Waals surface area contributed by atoms with Crippen LogP contribution in [0.2, 0.25) is 0 Å². The molecule has 1 amide bonds. The Balaban J connectivity index is 0.000000421. The molecule has 3 aromatic carbocycles. The number of piperazine rings is 1. The van der Waals surface area contributed by atoms with E-state index < -0.39 is 24.3 Å². The first-order chi connectivity index (χ1) is 20.9. The van der Waals surface area contributed by atoms with Gasteiger partial charge in [0.25, 0.3) is 5.91 Å². The van der Waals surface area contributed by atoms with E-state index in [4.69, 9.17) is 19.8 Å². The molecule has 0 aromatic heterocycles. The average molecular weight is 650 g/mol. The van der Waals surface area contributed by atoms with Crippen molar-refractivity contribution in [2.75, 3.05) is 29.9 Å². The lowest BCUT2D eigenvalue weighted by Crippen LogP contribution is -2.51. The van der Waals surface area contributed by atoms with Crippen molar-refractivity contribution >= 4 is 29.2 Å². The van der Waals surface area contributed by atoms with Gasteiger partial charge >= 0.3 is 24.3 Å². The van der Waals surface area contributed by atoms with Crippen molar-refractivity contribution in [3.63, 3.8) is 0 Å². The first kappa shape index (κ1) is 36.5. The Kier molecular flexibility index (Phi) is 12.8. The van der Waals surface area contributed by atoms with Gasteiger partial charge in [-0.3, -0.25) is 9.69 Å². The van der Waals surface area contributed by atoms with Crippen LogP contribution < -0.4 is 10.2 Å². The second kappa shape index (κ2) is 15.8. The van der Waals surface area contributed by atoms with Crippen LogP contribution in [0.15, 0.2) is 72.8 Å². The molecular weight excluding hydrogens is 622 g/mol. The Morgan fingerprint density at radius 1 is 0.800 bits per heavy atom. The number of carboxylic acids is 2. The number of carbonyl (C=O) groups excluding carboxylic acids is 1. The van der Waals surface area contributed by atoms with Crippen molar-refractivity contribution < 1.29 is 59.7 Å². The van der Waals surface area contributed by atoms with Gasteiger partial charge in [-0.05, 0) is 73.2 Å². The van der Waals surface area contributed by atoms with Crippen LogP contribution in [-0.2, 0) is 16.1 Å². The number of halogens is 8.